The highest BCUT2D eigenvalue weighted by molar-refractivity contribution is 6.31. The van der Waals surface area contributed by atoms with Crippen molar-refractivity contribution >= 4 is 29.2 Å². The third kappa shape index (κ3) is 5.06. The van der Waals surface area contributed by atoms with E-state index in [9.17, 15) is 14.4 Å². The van der Waals surface area contributed by atoms with Gasteiger partial charge in [-0.05, 0) is 30.7 Å². The van der Waals surface area contributed by atoms with Crippen LogP contribution in [0.2, 0.25) is 5.02 Å². The lowest BCUT2D eigenvalue weighted by Crippen LogP contribution is -2.26. The van der Waals surface area contributed by atoms with E-state index in [1.165, 1.54) is 30.0 Å². The molecule has 0 bridgehead atoms. The number of esters is 1. The molecule has 1 heterocycles. The summed E-state index contributed by atoms with van der Waals surface area (Å²) in [5.74, 6) is -0.953. The first-order chi connectivity index (χ1) is 12.4. The molecule has 1 amide bonds. The number of amides is 1. The second kappa shape index (κ2) is 9.00. The van der Waals surface area contributed by atoms with Gasteiger partial charge in [-0.3, -0.25) is 9.59 Å². The van der Waals surface area contributed by atoms with Gasteiger partial charge in [-0.1, -0.05) is 18.5 Å². The van der Waals surface area contributed by atoms with Gasteiger partial charge in [-0.25, -0.2) is 9.48 Å². The number of nitrogens with zero attached hydrogens (tertiary/aromatic N) is 2. The first kappa shape index (κ1) is 19.5. The number of halogens is 1. The first-order valence-electron chi connectivity index (χ1n) is 7.83. The van der Waals surface area contributed by atoms with Crippen LogP contribution in [0.3, 0.4) is 0 Å². The molecule has 26 heavy (non-hydrogen) atoms. The average molecular weight is 380 g/mol. The highest BCUT2D eigenvalue weighted by Gasteiger charge is 2.14. The number of carbonyl (C=O) groups excluding carboxylic acids is 2. The Morgan fingerprint density at radius 3 is 2.73 bits per heavy atom. The van der Waals surface area contributed by atoms with Crippen LogP contribution in [-0.2, 0) is 16.1 Å². The topological polar surface area (TPSA) is 99.5 Å². The van der Waals surface area contributed by atoms with Crippen LogP contribution in [0.4, 0.5) is 5.69 Å². The van der Waals surface area contributed by atoms with Crippen LogP contribution in [0.15, 0.2) is 35.1 Å². The van der Waals surface area contributed by atoms with Crippen molar-refractivity contribution in [2.45, 2.75) is 19.9 Å². The molecule has 138 valence electrons. The van der Waals surface area contributed by atoms with Gasteiger partial charge in [0, 0.05) is 17.6 Å². The van der Waals surface area contributed by atoms with Crippen LogP contribution in [0, 0.1) is 0 Å². The van der Waals surface area contributed by atoms with Crippen molar-refractivity contribution in [2.75, 3.05) is 19.0 Å². The normalized spacial score (nSPS) is 10.3. The molecule has 2 aromatic rings. The predicted octanol–water partition coefficient (Wildman–Crippen LogP) is 2.11. The number of benzene rings is 1. The van der Waals surface area contributed by atoms with E-state index in [-0.39, 0.29) is 11.3 Å². The summed E-state index contributed by atoms with van der Waals surface area (Å²) in [5, 5.41) is 6.89. The summed E-state index contributed by atoms with van der Waals surface area (Å²) < 4.78 is 11.2. The highest BCUT2D eigenvalue weighted by Crippen LogP contribution is 2.27. The van der Waals surface area contributed by atoms with Crippen molar-refractivity contribution < 1.29 is 19.1 Å². The molecule has 0 atom stereocenters. The summed E-state index contributed by atoms with van der Waals surface area (Å²) in [6, 6.07) is 7.23. The number of nitrogens with one attached hydrogen (secondary N) is 1. The second-order valence-corrected chi connectivity index (χ2v) is 5.69. The standard InChI is InChI=1S/C17H18ClN3O5/c1-3-8-21-16(23)7-5-12(20-21)17(24)26-10-15(22)19-13-9-11(18)4-6-14(13)25-2/h4-7,9H,3,8,10H2,1-2H3,(H,19,22). The molecule has 0 aliphatic heterocycles. The van der Waals surface area contributed by atoms with Crippen molar-refractivity contribution in [1.82, 2.24) is 9.78 Å². The maximum atomic E-state index is 12.0. The van der Waals surface area contributed by atoms with Crippen molar-refractivity contribution in [2.24, 2.45) is 0 Å². The molecule has 0 saturated heterocycles. The van der Waals surface area contributed by atoms with Crippen molar-refractivity contribution in [1.29, 1.82) is 0 Å². The molecule has 0 fully saturated rings. The van der Waals surface area contributed by atoms with Gasteiger partial charge in [0.15, 0.2) is 12.3 Å². The third-order valence-corrected chi connectivity index (χ3v) is 3.52. The molecule has 1 aromatic heterocycles. The van der Waals surface area contributed by atoms with E-state index in [2.05, 4.69) is 10.4 Å². The summed E-state index contributed by atoms with van der Waals surface area (Å²) >= 11 is 5.89. The van der Waals surface area contributed by atoms with Crippen LogP contribution in [0.1, 0.15) is 23.8 Å². The Hall–Kier alpha value is -2.87. The monoisotopic (exact) mass is 379 g/mol. The Morgan fingerprint density at radius 1 is 1.27 bits per heavy atom. The molecule has 2 rings (SSSR count). The Bertz CT molecular complexity index is 866. The first-order valence-corrected chi connectivity index (χ1v) is 8.21. The van der Waals surface area contributed by atoms with Gasteiger partial charge in [0.2, 0.25) is 0 Å². The van der Waals surface area contributed by atoms with Crippen LogP contribution < -0.4 is 15.6 Å². The number of aromatic nitrogens is 2. The van der Waals surface area contributed by atoms with Gasteiger partial charge in [-0.2, -0.15) is 5.10 Å². The molecule has 0 aliphatic rings. The molecule has 0 saturated carbocycles. The molecule has 0 radical (unpaired) electrons. The number of ether oxygens (including phenoxy) is 2. The molecule has 0 unspecified atom stereocenters. The quantitative estimate of drug-likeness (QED) is 0.739. The minimum atomic E-state index is -0.803. The predicted molar refractivity (Wildman–Crippen MR) is 95.7 cm³/mol. The van der Waals surface area contributed by atoms with Crippen molar-refractivity contribution in [3.63, 3.8) is 0 Å². The number of methoxy groups -OCH3 is 1. The maximum Gasteiger partial charge on any atom is 0.359 e. The lowest BCUT2D eigenvalue weighted by Gasteiger charge is -2.11. The Kier molecular flexibility index (Phi) is 6.74. The number of aryl methyl sites for hydroxylation is 1. The zero-order chi connectivity index (χ0) is 19.1. The highest BCUT2D eigenvalue weighted by atomic mass is 35.5. The summed E-state index contributed by atoms with van der Waals surface area (Å²) in [7, 11) is 1.45. The van der Waals surface area contributed by atoms with Crippen LogP contribution >= 0.6 is 11.6 Å². The molecule has 1 N–H and O–H groups in total. The number of carbonyl (C=O) groups is 2. The minimum Gasteiger partial charge on any atom is -0.495 e. The Morgan fingerprint density at radius 2 is 2.04 bits per heavy atom. The van der Waals surface area contributed by atoms with Crippen LogP contribution in [0.25, 0.3) is 0 Å². The Labute approximate surface area is 154 Å². The van der Waals surface area contributed by atoms with Crippen LogP contribution in [-0.4, -0.2) is 35.4 Å². The molecule has 0 aliphatic carbocycles. The van der Waals surface area contributed by atoms with E-state index >= 15 is 0 Å². The maximum absolute atomic E-state index is 12.0. The average Bonchev–Trinajstić information content (AvgIpc) is 2.62. The fraction of sp³-hybridized carbons (Fsp3) is 0.294. The lowest BCUT2D eigenvalue weighted by molar-refractivity contribution is -0.119. The number of hydrogen-bond acceptors (Lipinski definition) is 6. The van der Waals surface area contributed by atoms with Crippen LogP contribution in [0.5, 0.6) is 5.75 Å². The van der Waals surface area contributed by atoms with E-state index in [1.807, 2.05) is 6.92 Å². The Balaban J connectivity index is 1.99. The van der Waals surface area contributed by atoms with Gasteiger partial charge in [0.1, 0.15) is 5.75 Å². The van der Waals surface area contributed by atoms with E-state index in [0.717, 1.165) is 0 Å². The largest absolute Gasteiger partial charge is 0.495 e. The number of hydrogen-bond donors (Lipinski definition) is 1. The molecule has 1 aromatic carbocycles. The molecular formula is C17H18ClN3O5. The van der Waals surface area contributed by atoms with E-state index < -0.39 is 18.5 Å². The number of anilines is 1. The van der Waals surface area contributed by atoms with Gasteiger partial charge < -0.3 is 14.8 Å². The zero-order valence-electron chi connectivity index (χ0n) is 14.3. The van der Waals surface area contributed by atoms with Crippen molar-refractivity contribution in [3.8, 4) is 5.75 Å². The summed E-state index contributed by atoms with van der Waals surface area (Å²) in [5.41, 5.74) is -0.00366. The number of rotatable bonds is 7. The van der Waals surface area contributed by atoms with E-state index in [1.54, 1.807) is 12.1 Å². The molecule has 9 heteroatoms. The molecule has 8 nitrogen and oxygen atoms in total. The second-order valence-electron chi connectivity index (χ2n) is 5.25. The van der Waals surface area contributed by atoms with Gasteiger partial charge in [0.25, 0.3) is 11.5 Å². The van der Waals surface area contributed by atoms with Gasteiger partial charge >= 0.3 is 5.97 Å². The smallest absolute Gasteiger partial charge is 0.359 e. The molecular weight excluding hydrogens is 362 g/mol. The summed E-state index contributed by atoms with van der Waals surface area (Å²) in [4.78, 5) is 35.6. The third-order valence-electron chi connectivity index (χ3n) is 3.28. The zero-order valence-corrected chi connectivity index (χ0v) is 15.1. The molecule has 0 spiro atoms. The fourth-order valence-corrected chi connectivity index (χ4v) is 2.27. The lowest BCUT2D eigenvalue weighted by atomic mass is 10.3. The summed E-state index contributed by atoms with van der Waals surface area (Å²) in [6.07, 6.45) is 0.690. The van der Waals surface area contributed by atoms with Crippen molar-refractivity contribution in [3.05, 3.63) is 51.4 Å². The van der Waals surface area contributed by atoms with E-state index in [4.69, 9.17) is 21.1 Å². The fourth-order valence-electron chi connectivity index (χ4n) is 2.10. The van der Waals surface area contributed by atoms with E-state index in [0.29, 0.717) is 29.4 Å². The summed E-state index contributed by atoms with van der Waals surface area (Å²) in [6.45, 7) is 1.74. The minimum absolute atomic E-state index is 0.0498. The van der Waals surface area contributed by atoms with Gasteiger partial charge in [-0.15, -0.1) is 0 Å². The SMILES string of the molecule is CCCn1nc(C(=O)OCC(=O)Nc2cc(Cl)ccc2OC)ccc1=O. The van der Waals surface area contributed by atoms with Gasteiger partial charge in [0.05, 0.1) is 12.8 Å².